The lowest BCUT2D eigenvalue weighted by atomic mass is 10.1. The normalized spacial score (nSPS) is 11.7. The van der Waals surface area contributed by atoms with Gasteiger partial charge in [-0.3, -0.25) is 9.69 Å². The molecule has 0 bridgehead atoms. The molecular formula is C29H24Cl2N4O3. The number of para-hydroxylation sites is 1. The zero-order valence-electron chi connectivity index (χ0n) is 20.4. The number of nitrogens with zero attached hydrogens (tertiary/aromatic N) is 3. The predicted molar refractivity (Wildman–Crippen MR) is 150 cm³/mol. The molecule has 0 aliphatic heterocycles. The molecule has 1 heterocycles. The second kappa shape index (κ2) is 12.9. The number of hydrogen-bond acceptors (Lipinski definition) is 6. The van der Waals surface area contributed by atoms with Crippen LogP contribution in [0.2, 0.25) is 10.0 Å². The van der Waals surface area contributed by atoms with Crippen LogP contribution in [0.3, 0.4) is 0 Å². The first-order chi connectivity index (χ1) is 18.5. The largest absolute Gasteiger partial charge is 0.467 e. The van der Waals surface area contributed by atoms with E-state index in [1.165, 1.54) is 7.11 Å². The first-order valence-corrected chi connectivity index (χ1v) is 12.4. The van der Waals surface area contributed by atoms with Crippen LogP contribution in [-0.2, 0) is 9.53 Å². The van der Waals surface area contributed by atoms with E-state index in [2.05, 4.69) is 15.3 Å². The summed E-state index contributed by atoms with van der Waals surface area (Å²) in [5.41, 5.74) is 2.82. The molecule has 0 saturated heterocycles. The number of hydrogen-bond donors (Lipinski definition) is 1. The van der Waals surface area contributed by atoms with Crippen molar-refractivity contribution in [2.45, 2.75) is 12.5 Å². The summed E-state index contributed by atoms with van der Waals surface area (Å²) in [7, 11) is 1.27. The minimum absolute atomic E-state index is 0.106. The molecule has 7 nitrogen and oxygen atoms in total. The molecule has 0 radical (unpaired) electrons. The molecule has 9 heteroatoms. The molecule has 192 valence electrons. The maximum atomic E-state index is 12.8. The van der Waals surface area contributed by atoms with Crippen LogP contribution >= 0.6 is 23.2 Å². The lowest BCUT2D eigenvalue weighted by Crippen LogP contribution is -2.41. The standard InChI is InChI=1S/C29H24Cl2N4O3/c1-38-28(37)25(34-27(36)26-23(30)11-6-12-24(26)31)13-5-8-20-14-16-22(17-15-20)35(21-9-3-2-4-10-21)29-32-18-7-19-33-29/h2-12,14-19,25H,13H2,1H3,(H,34,36). The van der Waals surface area contributed by atoms with Gasteiger partial charge in [0.25, 0.3) is 5.91 Å². The van der Waals surface area contributed by atoms with Gasteiger partial charge in [0, 0.05) is 23.8 Å². The molecule has 4 rings (SSSR count). The van der Waals surface area contributed by atoms with E-state index >= 15 is 0 Å². The maximum Gasteiger partial charge on any atom is 0.328 e. The third-order valence-corrected chi connectivity index (χ3v) is 6.21. The second-order valence-corrected chi connectivity index (χ2v) is 8.91. The highest BCUT2D eigenvalue weighted by Gasteiger charge is 2.23. The molecule has 1 amide bonds. The van der Waals surface area contributed by atoms with Gasteiger partial charge in [-0.2, -0.15) is 0 Å². The number of benzene rings is 3. The number of anilines is 3. The van der Waals surface area contributed by atoms with Gasteiger partial charge in [-0.1, -0.05) is 71.8 Å². The number of aromatic nitrogens is 2. The van der Waals surface area contributed by atoms with Crippen molar-refractivity contribution in [1.29, 1.82) is 0 Å². The van der Waals surface area contributed by atoms with Gasteiger partial charge in [0.05, 0.1) is 22.7 Å². The number of carbonyl (C=O) groups is 2. The van der Waals surface area contributed by atoms with E-state index in [4.69, 9.17) is 27.9 Å². The highest BCUT2D eigenvalue weighted by molar-refractivity contribution is 6.39. The van der Waals surface area contributed by atoms with Crippen molar-refractivity contribution in [3.63, 3.8) is 0 Å². The topological polar surface area (TPSA) is 84.4 Å². The number of methoxy groups -OCH3 is 1. The van der Waals surface area contributed by atoms with Crippen molar-refractivity contribution in [2.75, 3.05) is 12.0 Å². The van der Waals surface area contributed by atoms with Gasteiger partial charge in [-0.05, 0) is 54.4 Å². The number of amides is 1. The lowest BCUT2D eigenvalue weighted by Gasteiger charge is -2.22. The van der Waals surface area contributed by atoms with Crippen LogP contribution in [-0.4, -0.2) is 35.0 Å². The Balaban J connectivity index is 1.49. The summed E-state index contributed by atoms with van der Waals surface area (Å²) in [6.07, 6.45) is 7.26. The van der Waals surface area contributed by atoms with Crippen LogP contribution in [0, 0.1) is 0 Å². The summed E-state index contributed by atoms with van der Waals surface area (Å²) in [5.74, 6) is -0.585. The van der Waals surface area contributed by atoms with E-state index in [0.29, 0.717) is 5.95 Å². The molecule has 0 aliphatic rings. The molecule has 38 heavy (non-hydrogen) atoms. The van der Waals surface area contributed by atoms with Crippen LogP contribution < -0.4 is 10.2 Å². The van der Waals surface area contributed by atoms with Gasteiger partial charge in [-0.25, -0.2) is 14.8 Å². The van der Waals surface area contributed by atoms with Crippen molar-refractivity contribution in [1.82, 2.24) is 15.3 Å². The Morgan fingerprint density at radius 3 is 2.16 bits per heavy atom. The van der Waals surface area contributed by atoms with Crippen molar-refractivity contribution < 1.29 is 14.3 Å². The molecule has 1 N–H and O–H groups in total. The molecular weight excluding hydrogens is 523 g/mol. The third kappa shape index (κ3) is 6.56. The first kappa shape index (κ1) is 26.9. The first-order valence-electron chi connectivity index (χ1n) is 11.7. The Hall–Kier alpha value is -4.20. The third-order valence-electron chi connectivity index (χ3n) is 5.58. The summed E-state index contributed by atoms with van der Waals surface area (Å²) >= 11 is 12.3. The smallest absolute Gasteiger partial charge is 0.328 e. The van der Waals surface area contributed by atoms with Gasteiger partial charge in [0.15, 0.2) is 0 Å². The molecule has 4 aromatic rings. The summed E-state index contributed by atoms with van der Waals surface area (Å²) in [6.45, 7) is 0. The van der Waals surface area contributed by atoms with Crippen LogP contribution in [0.5, 0.6) is 0 Å². The Labute approximate surface area is 230 Å². The minimum Gasteiger partial charge on any atom is -0.467 e. The number of carbonyl (C=O) groups excluding carboxylic acids is 2. The van der Waals surface area contributed by atoms with Crippen LogP contribution in [0.25, 0.3) is 6.08 Å². The zero-order valence-corrected chi connectivity index (χ0v) is 21.9. The van der Waals surface area contributed by atoms with Crippen molar-refractivity contribution in [3.05, 3.63) is 119 Å². The van der Waals surface area contributed by atoms with Gasteiger partial charge in [-0.15, -0.1) is 0 Å². The lowest BCUT2D eigenvalue weighted by molar-refractivity contribution is -0.142. The molecule has 0 fully saturated rings. The summed E-state index contributed by atoms with van der Waals surface area (Å²) in [6, 6.07) is 23.3. The summed E-state index contributed by atoms with van der Waals surface area (Å²) in [5, 5.41) is 3.05. The fourth-order valence-corrected chi connectivity index (χ4v) is 4.31. The summed E-state index contributed by atoms with van der Waals surface area (Å²) in [4.78, 5) is 35.9. The summed E-state index contributed by atoms with van der Waals surface area (Å²) < 4.78 is 4.87. The Bertz CT molecular complexity index is 1360. The monoisotopic (exact) mass is 546 g/mol. The minimum atomic E-state index is -0.917. The van der Waals surface area contributed by atoms with E-state index in [1.54, 1.807) is 42.7 Å². The number of esters is 1. The molecule has 1 atom stereocenters. The zero-order chi connectivity index (χ0) is 26.9. The second-order valence-electron chi connectivity index (χ2n) is 8.10. The van der Waals surface area contributed by atoms with Gasteiger partial charge >= 0.3 is 5.97 Å². The maximum absolute atomic E-state index is 12.8. The van der Waals surface area contributed by atoms with Crippen LogP contribution in [0.15, 0.2) is 97.3 Å². The molecule has 0 spiro atoms. The SMILES string of the molecule is COC(=O)C(CC=Cc1ccc(N(c2ccccc2)c2ncccn2)cc1)NC(=O)c1c(Cl)cccc1Cl. The van der Waals surface area contributed by atoms with Gasteiger partial charge < -0.3 is 10.1 Å². The fourth-order valence-electron chi connectivity index (χ4n) is 3.74. The highest BCUT2D eigenvalue weighted by Crippen LogP contribution is 2.31. The van der Waals surface area contributed by atoms with Crippen molar-refractivity contribution in [2.24, 2.45) is 0 Å². The quantitative estimate of drug-likeness (QED) is 0.237. The predicted octanol–water partition coefficient (Wildman–Crippen LogP) is 6.63. The number of halogens is 2. The molecule has 1 unspecified atom stereocenters. The van der Waals surface area contributed by atoms with Gasteiger partial charge in [0.2, 0.25) is 5.95 Å². The molecule has 0 aliphatic carbocycles. The number of nitrogens with one attached hydrogen (secondary N) is 1. The fraction of sp³-hybridized carbons (Fsp3) is 0.103. The van der Waals surface area contributed by atoms with Crippen molar-refractivity contribution in [3.8, 4) is 0 Å². The van der Waals surface area contributed by atoms with Crippen LogP contribution in [0.4, 0.5) is 17.3 Å². The van der Waals surface area contributed by atoms with E-state index in [-0.39, 0.29) is 22.0 Å². The number of ether oxygens (including phenoxy) is 1. The highest BCUT2D eigenvalue weighted by atomic mass is 35.5. The number of rotatable bonds is 9. The molecule has 1 aromatic heterocycles. The van der Waals surface area contributed by atoms with E-state index in [1.807, 2.05) is 65.6 Å². The van der Waals surface area contributed by atoms with E-state index in [9.17, 15) is 9.59 Å². The van der Waals surface area contributed by atoms with Crippen LogP contribution in [0.1, 0.15) is 22.3 Å². The average molecular weight is 547 g/mol. The Morgan fingerprint density at radius 2 is 1.53 bits per heavy atom. The van der Waals surface area contributed by atoms with E-state index < -0.39 is 17.9 Å². The van der Waals surface area contributed by atoms with Crippen molar-refractivity contribution >= 4 is 58.5 Å². The van der Waals surface area contributed by atoms with Gasteiger partial charge in [0.1, 0.15) is 6.04 Å². The Kier molecular flexibility index (Phi) is 9.08. The van der Waals surface area contributed by atoms with E-state index in [0.717, 1.165) is 16.9 Å². The average Bonchev–Trinajstić information content (AvgIpc) is 2.94. The molecule has 0 saturated carbocycles. The Morgan fingerprint density at radius 1 is 0.895 bits per heavy atom. The molecule has 3 aromatic carbocycles.